The van der Waals surface area contributed by atoms with E-state index in [0.717, 1.165) is 15.8 Å². The fourth-order valence-electron chi connectivity index (χ4n) is 3.21. The van der Waals surface area contributed by atoms with Gasteiger partial charge in [-0.2, -0.15) is 3.97 Å². The quantitative estimate of drug-likeness (QED) is 0.534. The topological polar surface area (TPSA) is 100.0 Å². The zero-order valence-electron chi connectivity index (χ0n) is 14.6. The van der Waals surface area contributed by atoms with Gasteiger partial charge < -0.3 is 4.52 Å². The minimum atomic E-state index is -3.87. The molecule has 26 heavy (non-hydrogen) atoms. The Hall–Kier alpha value is -2.94. The number of hydrogen-bond donors (Lipinski definition) is 0. The second-order valence-electron chi connectivity index (χ2n) is 6.28. The van der Waals surface area contributed by atoms with Gasteiger partial charge >= 0.3 is 5.69 Å². The summed E-state index contributed by atoms with van der Waals surface area (Å²) in [5, 5.41) is 4.01. The van der Waals surface area contributed by atoms with E-state index in [2.05, 4.69) is 10.1 Å². The molecule has 0 unspecified atom stereocenters. The number of hydrogen-bond acceptors (Lipinski definition) is 6. The zero-order chi connectivity index (χ0) is 18.8. The van der Waals surface area contributed by atoms with Crippen LogP contribution >= 0.6 is 0 Å². The molecule has 0 fully saturated rings. The Bertz CT molecular complexity index is 1360. The summed E-state index contributed by atoms with van der Waals surface area (Å²) in [6.45, 7) is 5.32. The first-order valence-electron chi connectivity index (χ1n) is 7.88. The van der Waals surface area contributed by atoms with Crippen molar-refractivity contribution in [1.29, 1.82) is 0 Å². The molecule has 3 heterocycles. The second-order valence-corrected chi connectivity index (χ2v) is 8.11. The molecular weight excluding hydrogens is 356 g/mol. The third-order valence-corrected chi connectivity index (χ3v) is 5.43. The Kier molecular flexibility index (Phi) is 3.35. The van der Waals surface area contributed by atoms with E-state index in [0.29, 0.717) is 33.6 Å². The van der Waals surface area contributed by atoms with E-state index in [1.165, 1.54) is 4.57 Å². The molecule has 0 aliphatic carbocycles. The highest BCUT2D eigenvalue weighted by Crippen LogP contribution is 2.28. The van der Waals surface area contributed by atoms with Gasteiger partial charge in [-0.25, -0.2) is 18.2 Å². The van der Waals surface area contributed by atoms with Gasteiger partial charge in [0.15, 0.2) is 11.4 Å². The van der Waals surface area contributed by atoms with Gasteiger partial charge in [-0.15, -0.1) is 0 Å². The first kappa shape index (κ1) is 16.5. The number of pyridine rings is 1. The first-order valence-corrected chi connectivity index (χ1v) is 9.73. The summed E-state index contributed by atoms with van der Waals surface area (Å²) in [6, 6.07) is 7.26. The van der Waals surface area contributed by atoms with Crippen molar-refractivity contribution < 1.29 is 12.9 Å². The average molecular weight is 372 g/mol. The van der Waals surface area contributed by atoms with Crippen LogP contribution in [0.5, 0.6) is 0 Å². The van der Waals surface area contributed by atoms with E-state index in [4.69, 9.17) is 4.52 Å². The van der Waals surface area contributed by atoms with Gasteiger partial charge in [0.05, 0.1) is 11.9 Å². The molecule has 1 aromatic carbocycles. The van der Waals surface area contributed by atoms with E-state index in [9.17, 15) is 13.2 Å². The summed E-state index contributed by atoms with van der Waals surface area (Å²) < 4.78 is 32.0. The van der Waals surface area contributed by atoms with Crippen LogP contribution in [0.2, 0.25) is 0 Å². The molecule has 0 N–H and O–H groups in total. The molecule has 0 aliphatic heterocycles. The van der Waals surface area contributed by atoms with Crippen LogP contribution in [-0.4, -0.2) is 33.4 Å². The van der Waals surface area contributed by atoms with Gasteiger partial charge in [0.2, 0.25) is 10.0 Å². The molecule has 0 bridgehead atoms. The van der Waals surface area contributed by atoms with Crippen molar-refractivity contribution in [3.05, 3.63) is 51.6 Å². The van der Waals surface area contributed by atoms with E-state index in [-0.39, 0.29) is 5.65 Å². The largest absolute Gasteiger partial charge is 0.359 e. The number of aromatic nitrogens is 4. The molecule has 8 nitrogen and oxygen atoms in total. The second kappa shape index (κ2) is 5.28. The predicted octanol–water partition coefficient (Wildman–Crippen LogP) is 2.06. The molecule has 0 atom stereocenters. The highest BCUT2D eigenvalue weighted by molar-refractivity contribution is 7.89. The maximum atomic E-state index is 13.1. The molecule has 0 aliphatic rings. The van der Waals surface area contributed by atoms with Gasteiger partial charge in [0.1, 0.15) is 16.6 Å². The molecule has 134 valence electrons. The van der Waals surface area contributed by atoms with Crippen LogP contribution < -0.4 is 5.69 Å². The minimum absolute atomic E-state index is 0.0667. The Morgan fingerprint density at radius 3 is 2.42 bits per heavy atom. The van der Waals surface area contributed by atoms with Gasteiger partial charge in [-0.05, 0) is 32.4 Å². The third kappa shape index (κ3) is 2.13. The Morgan fingerprint density at radius 1 is 1.08 bits per heavy atom. The number of fused-ring (bicyclic) bond motifs is 2. The molecule has 0 saturated heterocycles. The van der Waals surface area contributed by atoms with Crippen LogP contribution in [0.3, 0.4) is 0 Å². The lowest BCUT2D eigenvalue weighted by atomic mass is 10.1. The number of imidazole rings is 1. The standard InChI is InChI=1S/C17H16N4O4S/c1-9-7-5-6-8-12(9)20-15-10(2)13-14(11(3)25-19-13)18-16(15)21(17(20)22)26(4,23)24/h5-8H,1-4H3. The SMILES string of the molecule is Cc1ccccc1-n1c(=O)n(S(C)(=O)=O)c2nc3c(C)onc3c(C)c21. The van der Waals surface area contributed by atoms with Crippen molar-refractivity contribution in [3.63, 3.8) is 0 Å². The molecule has 0 spiro atoms. The molecule has 4 aromatic rings. The number of aryl methyl sites for hydroxylation is 3. The molecule has 0 amide bonds. The number of benzene rings is 1. The molecule has 0 radical (unpaired) electrons. The Labute approximate surface area is 148 Å². The van der Waals surface area contributed by atoms with Gasteiger partial charge in [0, 0.05) is 5.56 Å². The van der Waals surface area contributed by atoms with Crippen LogP contribution in [0.1, 0.15) is 16.9 Å². The van der Waals surface area contributed by atoms with Gasteiger partial charge in [-0.1, -0.05) is 23.4 Å². The number of nitrogens with zero attached hydrogens (tertiary/aromatic N) is 4. The lowest BCUT2D eigenvalue weighted by Gasteiger charge is -2.08. The zero-order valence-corrected chi connectivity index (χ0v) is 15.5. The normalized spacial score (nSPS) is 12.3. The Morgan fingerprint density at radius 2 is 1.77 bits per heavy atom. The summed E-state index contributed by atoms with van der Waals surface area (Å²) in [5.41, 5.74) is 2.77. The van der Waals surface area contributed by atoms with E-state index in [1.807, 2.05) is 19.1 Å². The number of para-hydroxylation sites is 1. The van der Waals surface area contributed by atoms with Crippen molar-refractivity contribution >= 4 is 32.2 Å². The highest BCUT2D eigenvalue weighted by Gasteiger charge is 2.26. The van der Waals surface area contributed by atoms with Crippen molar-refractivity contribution in [2.24, 2.45) is 0 Å². The summed E-state index contributed by atoms with van der Waals surface area (Å²) in [7, 11) is -3.87. The molecule has 4 rings (SSSR count). The van der Waals surface area contributed by atoms with Crippen molar-refractivity contribution in [2.75, 3.05) is 6.26 Å². The summed E-state index contributed by atoms with van der Waals surface area (Å²) >= 11 is 0. The molecule has 3 aromatic heterocycles. The van der Waals surface area contributed by atoms with Crippen molar-refractivity contribution in [3.8, 4) is 5.69 Å². The van der Waals surface area contributed by atoms with Crippen LogP contribution in [0.4, 0.5) is 0 Å². The number of rotatable bonds is 2. The summed E-state index contributed by atoms with van der Waals surface area (Å²) in [4.78, 5) is 17.5. The summed E-state index contributed by atoms with van der Waals surface area (Å²) in [6.07, 6.45) is 0.984. The smallest absolute Gasteiger partial charge is 0.349 e. The molecular formula is C17H16N4O4S. The van der Waals surface area contributed by atoms with Crippen LogP contribution in [-0.2, 0) is 10.0 Å². The first-order chi connectivity index (χ1) is 12.2. The fourth-order valence-corrected chi connectivity index (χ4v) is 4.01. The monoisotopic (exact) mass is 372 g/mol. The van der Waals surface area contributed by atoms with E-state index in [1.54, 1.807) is 26.0 Å². The van der Waals surface area contributed by atoms with Crippen LogP contribution in [0.15, 0.2) is 33.6 Å². The highest BCUT2D eigenvalue weighted by atomic mass is 32.2. The van der Waals surface area contributed by atoms with Crippen molar-refractivity contribution in [1.82, 2.24) is 18.7 Å². The van der Waals surface area contributed by atoms with Crippen LogP contribution in [0, 0.1) is 20.8 Å². The molecule has 0 saturated carbocycles. The maximum Gasteiger partial charge on any atom is 0.349 e. The minimum Gasteiger partial charge on any atom is -0.359 e. The predicted molar refractivity (Wildman–Crippen MR) is 97.3 cm³/mol. The Balaban J connectivity index is 2.34. The maximum absolute atomic E-state index is 13.1. The fraction of sp³-hybridized carbons (Fsp3) is 0.235. The van der Waals surface area contributed by atoms with Crippen molar-refractivity contribution in [2.45, 2.75) is 20.8 Å². The van der Waals surface area contributed by atoms with Crippen LogP contribution in [0.25, 0.3) is 27.9 Å². The summed E-state index contributed by atoms with van der Waals surface area (Å²) in [5.74, 6) is 0.459. The molecule has 9 heteroatoms. The third-order valence-electron chi connectivity index (χ3n) is 4.44. The lowest BCUT2D eigenvalue weighted by molar-refractivity contribution is 0.405. The van der Waals surface area contributed by atoms with E-state index < -0.39 is 15.7 Å². The lowest BCUT2D eigenvalue weighted by Crippen LogP contribution is -2.28. The van der Waals surface area contributed by atoms with Gasteiger partial charge in [-0.3, -0.25) is 4.57 Å². The van der Waals surface area contributed by atoms with Gasteiger partial charge in [0.25, 0.3) is 0 Å². The average Bonchev–Trinajstić information content (AvgIpc) is 3.06. The van der Waals surface area contributed by atoms with E-state index >= 15 is 0 Å².